The summed E-state index contributed by atoms with van der Waals surface area (Å²) in [5.41, 5.74) is 6.24. The lowest BCUT2D eigenvalue weighted by molar-refractivity contribution is 0.0615. The van der Waals surface area contributed by atoms with E-state index in [-0.39, 0.29) is 0 Å². The van der Waals surface area contributed by atoms with Crippen LogP contribution in [0, 0.1) is 24.7 Å². The van der Waals surface area contributed by atoms with E-state index in [0.29, 0.717) is 23.9 Å². The van der Waals surface area contributed by atoms with E-state index in [1.54, 1.807) is 11.1 Å². The molecule has 2 heteroatoms. The van der Waals surface area contributed by atoms with Crippen LogP contribution in [0.2, 0.25) is 0 Å². The Morgan fingerprint density at radius 3 is 2.70 bits per heavy atom. The Kier molecular flexibility index (Phi) is 5.69. The molecule has 0 saturated heterocycles. The third kappa shape index (κ3) is 3.61. The first-order valence-corrected chi connectivity index (χ1v) is 12.6. The van der Waals surface area contributed by atoms with Gasteiger partial charge in [-0.15, -0.1) is 0 Å². The lowest BCUT2D eigenvalue weighted by Gasteiger charge is -2.42. The van der Waals surface area contributed by atoms with Crippen molar-refractivity contribution in [2.75, 3.05) is 0 Å². The highest BCUT2D eigenvalue weighted by molar-refractivity contribution is 5.84. The molecule has 3 aliphatic carbocycles. The van der Waals surface area contributed by atoms with Crippen LogP contribution in [-0.4, -0.2) is 6.10 Å². The molecule has 0 aromatic carbocycles. The van der Waals surface area contributed by atoms with Gasteiger partial charge >= 0.3 is 0 Å². The molecule has 1 fully saturated rings. The molecular weight excluding hydrogens is 368 g/mol. The van der Waals surface area contributed by atoms with Gasteiger partial charge in [-0.2, -0.15) is 0 Å². The maximum atomic E-state index is 6.49. The van der Waals surface area contributed by atoms with E-state index >= 15 is 0 Å². The van der Waals surface area contributed by atoms with Crippen LogP contribution < -0.4 is 0 Å². The van der Waals surface area contributed by atoms with E-state index in [0.717, 1.165) is 25.0 Å². The molecule has 5 rings (SSSR count). The molecule has 0 amide bonds. The average molecular weight is 407 g/mol. The van der Waals surface area contributed by atoms with E-state index in [4.69, 9.17) is 9.15 Å². The Balaban J connectivity index is 1.31. The third-order valence-electron chi connectivity index (χ3n) is 7.94. The molecular formula is C28H38O2. The molecule has 2 nitrogen and oxygen atoms in total. The van der Waals surface area contributed by atoms with Crippen molar-refractivity contribution in [3.05, 3.63) is 52.2 Å². The second kappa shape index (κ2) is 8.44. The van der Waals surface area contributed by atoms with Crippen LogP contribution in [0.1, 0.15) is 95.1 Å². The molecule has 0 radical (unpaired) electrons. The van der Waals surface area contributed by atoms with Crippen molar-refractivity contribution < 1.29 is 9.15 Å². The van der Waals surface area contributed by atoms with Crippen molar-refractivity contribution in [2.45, 2.75) is 97.5 Å². The number of rotatable bonds is 7. The SMILES string of the molecule is CCCCCCCCC1=CC2C(CCC3=C4CCc5oc(C)cc5C4=CC(C)C32)O1. The minimum atomic E-state index is 0.419. The van der Waals surface area contributed by atoms with Crippen LogP contribution in [0.15, 0.2) is 39.5 Å². The molecule has 30 heavy (non-hydrogen) atoms. The van der Waals surface area contributed by atoms with Gasteiger partial charge in [0, 0.05) is 24.3 Å². The third-order valence-corrected chi connectivity index (χ3v) is 7.94. The Morgan fingerprint density at radius 2 is 1.83 bits per heavy atom. The summed E-state index contributed by atoms with van der Waals surface area (Å²) in [6.07, 6.45) is 19.4. The second-order valence-electron chi connectivity index (χ2n) is 10.1. The van der Waals surface area contributed by atoms with Crippen molar-refractivity contribution in [1.82, 2.24) is 0 Å². The summed E-state index contributed by atoms with van der Waals surface area (Å²) in [4.78, 5) is 0. The first kappa shape index (κ1) is 20.2. The summed E-state index contributed by atoms with van der Waals surface area (Å²) >= 11 is 0. The van der Waals surface area contributed by atoms with Gasteiger partial charge < -0.3 is 9.15 Å². The van der Waals surface area contributed by atoms with Gasteiger partial charge in [-0.25, -0.2) is 0 Å². The normalized spacial score (nSPS) is 29.4. The summed E-state index contributed by atoms with van der Waals surface area (Å²) in [5.74, 6) is 5.34. The summed E-state index contributed by atoms with van der Waals surface area (Å²) in [6.45, 7) is 6.80. The van der Waals surface area contributed by atoms with Crippen molar-refractivity contribution in [3.63, 3.8) is 0 Å². The largest absolute Gasteiger partial charge is 0.494 e. The van der Waals surface area contributed by atoms with Crippen molar-refractivity contribution in [1.29, 1.82) is 0 Å². The maximum absolute atomic E-state index is 6.49. The summed E-state index contributed by atoms with van der Waals surface area (Å²) in [7, 11) is 0. The first-order valence-electron chi connectivity index (χ1n) is 12.6. The van der Waals surface area contributed by atoms with E-state index in [9.17, 15) is 0 Å². The Bertz CT molecular complexity index is 880. The number of ether oxygens (including phenoxy) is 1. The molecule has 1 saturated carbocycles. The van der Waals surface area contributed by atoms with Gasteiger partial charge in [0.2, 0.25) is 0 Å². The summed E-state index contributed by atoms with van der Waals surface area (Å²) in [6, 6.07) is 2.26. The zero-order chi connectivity index (χ0) is 20.7. The topological polar surface area (TPSA) is 22.4 Å². The fraction of sp³-hybridized carbons (Fsp3) is 0.643. The monoisotopic (exact) mass is 406 g/mol. The Morgan fingerprint density at radius 1 is 1.00 bits per heavy atom. The fourth-order valence-electron chi connectivity index (χ4n) is 6.56. The van der Waals surface area contributed by atoms with Gasteiger partial charge in [-0.05, 0) is 67.7 Å². The predicted molar refractivity (Wildman–Crippen MR) is 123 cm³/mol. The van der Waals surface area contributed by atoms with Gasteiger partial charge in [-0.3, -0.25) is 0 Å². The molecule has 0 N–H and O–H groups in total. The van der Waals surface area contributed by atoms with E-state index in [2.05, 4.69) is 39.0 Å². The highest BCUT2D eigenvalue weighted by Crippen LogP contribution is 2.54. The number of unbranched alkanes of at least 4 members (excludes halogenated alkanes) is 5. The molecule has 4 unspecified atom stereocenters. The zero-order valence-corrected chi connectivity index (χ0v) is 19.1. The minimum absolute atomic E-state index is 0.419. The molecule has 1 aromatic rings. The van der Waals surface area contributed by atoms with Crippen LogP contribution in [0.5, 0.6) is 0 Å². The van der Waals surface area contributed by atoms with E-state index in [1.807, 2.05) is 0 Å². The standard InChI is InChI=1S/C28H38O2/c1-4-5-6-7-8-9-10-20-17-25-27(30-20)14-12-22-21-11-13-26-24(16-19(3)29-26)23(21)15-18(2)28(22)25/h15-18,25,27-28H,4-14H2,1-3H3. The maximum Gasteiger partial charge on any atom is 0.112 e. The van der Waals surface area contributed by atoms with Crippen LogP contribution in [0.3, 0.4) is 0 Å². The van der Waals surface area contributed by atoms with Crippen LogP contribution in [-0.2, 0) is 11.2 Å². The molecule has 0 spiro atoms. The van der Waals surface area contributed by atoms with Crippen LogP contribution in [0.4, 0.5) is 0 Å². The number of hydrogen-bond donors (Lipinski definition) is 0. The molecule has 4 atom stereocenters. The Labute approximate surface area is 182 Å². The zero-order valence-electron chi connectivity index (χ0n) is 19.1. The van der Waals surface area contributed by atoms with E-state index < -0.39 is 0 Å². The lowest BCUT2D eigenvalue weighted by atomic mass is 9.62. The van der Waals surface area contributed by atoms with Crippen molar-refractivity contribution >= 4 is 5.57 Å². The molecule has 4 aliphatic rings. The highest BCUT2D eigenvalue weighted by Gasteiger charge is 2.45. The quantitative estimate of drug-likeness (QED) is 0.429. The highest BCUT2D eigenvalue weighted by atomic mass is 16.5. The van der Waals surface area contributed by atoms with Crippen LogP contribution in [0.25, 0.3) is 5.57 Å². The smallest absolute Gasteiger partial charge is 0.112 e. The van der Waals surface area contributed by atoms with Crippen molar-refractivity contribution in [2.24, 2.45) is 17.8 Å². The average Bonchev–Trinajstić information content (AvgIpc) is 3.32. The molecule has 2 heterocycles. The van der Waals surface area contributed by atoms with Crippen molar-refractivity contribution in [3.8, 4) is 0 Å². The number of fused-ring (bicyclic) bond motifs is 6. The first-order chi connectivity index (χ1) is 14.7. The molecule has 0 bridgehead atoms. The number of allylic oxidation sites excluding steroid dienone is 5. The van der Waals surface area contributed by atoms with Gasteiger partial charge in [0.1, 0.15) is 17.6 Å². The minimum Gasteiger partial charge on any atom is -0.494 e. The summed E-state index contributed by atoms with van der Waals surface area (Å²) < 4.78 is 12.5. The molecule has 1 aliphatic heterocycles. The molecule has 162 valence electrons. The Hall–Kier alpha value is -1.70. The number of aryl methyl sites for hydroxylation is 2. The fourth-order valence-corrected chi connectivity index (χ4v) is 6.56. The lowest BCUT2D eigenvalue weighted by Crippen LogP contribution is -2.37. The van der Waals surface area contributed by atoms with Gasteiger partial charge in [0.15, 0.2) is 0 Å². The number of furan rings is 1. The molecule has 1 aromatic heterocycles. The van der Waals surface area contributed by atoms with E-state index in [1.165, 1.54) is 74.0 Å². The van der Waals surface area contributed by atoms with Gasteiger partial charge in [0.25, 0.3) is 0 Å². The predicted octanol–water partition coefficient (Wildman–Crippen LogP) is 7.92. The number of hydrogen-bond acceptors (Lipinski definition) is 2. The van der Waals surface area contributed by atoms with Gasteiger partial charge in [0.05, 0.1) is 5.76 Å². The van der Waals surface area contributed by atoms with Gasteiger partial charge in [-0.1, -0.05) is 57.6 Å². The van der Waals surface area contributed by atoms with Crippen LogP contribution >= 0.6 is 0 Å². The second-order valence-corrected chi connectivity index (χ2v) is 10.1. The summed E-state index contributed by atoms with van der Waals surface area (Å²) in [5, 5.41) is 0.